The number of methoxy groups -OCH3 is 1. The molecule has 6 nitrogen and oxygen atoms in total. The third-order valence-corrected chi connectivity index (χ3v) is 5.99. The van der Waals surface area contributed by atoms with E-state index < -0.39 is 0 Å². The molecule has 0 N–H and O–H groups in total. The van der Waals surface area contributed by atoms with E-state index in [-0.39, 0.29) is 5.91 Å². The standard InChI is InChI=1S/C22H24N4O2S/c1-28-20-9-7-19(8-10-20)26-12-11-23-22(26)29-17-21(27)25-15-13-24(14-16-25)18-5-3-2-4-6-18/h2-12H,13-17H2,1H3. The molecular formula is C22H24N4O2S. The van der Waals surface area contributed by atoms with Crippen LogP contribution < -0.4 is 9.64 Å². The highest BCUT2D eigenvalue weighted by Crippen LogP contribution is 2.23. The van der Waals surface area contributed by atoms with Gasteiger partial charge in [0.15, 0.2) is 5.16 Å². The van der Waals surface area contributed by atoms with Crippen molar-refractivity contribution < 1.29 is 9.53 Å². The number of carbonyl (C=O) groups excluding carboxylic acids is 1. The summed E-state index contributed by atoms with van der Waals surface area (Å²) >= 11 is 1.47. The summed E-state index contributed by atoms with van der Waals surface area (Å²) in [5.74, 6) is 1.36. The molecule has 1 aromatic heterocycles. The average Bonchev–Trinajstić information content (AvgIpc) is 3.27. The van der Waals surface area contributed by atoms with Crippen molar-refractivity contribution in [2.24, 2.45) is 0 Å². The molecular weight excluding hydrogens is 384 g/mol. The molecule has 0 aliphatic carbocycles. The Balaban J connectivity index is 1.32. The van der Waals surface area contributed by atoms with Gasteiger partial charge in [-0.25, -0.2) is 4.98 Å². The van der Waals surface area contributed by atoms with E-state index in [2.05, 4.69) is 34.1 Å². The predicted molar refractivity (Wildman–Crippen MR) is 116 cm³/mol. The number of piperazine rings is 1. The number of imidazole rings is 1. The van der Waals surface area contributed by atoms with Gasteiger partial charge in [-0.15, -0.1) is 0 Å². The van der Waals surface area contributed by atoms with Gasteiger partial charge in [-0.2, -0.15) is 0 Å². The van der Waals surface area contributed by atoms with Crippen molar-refractivity contribution in [2.45, 2.75) is 5.16 Å². The van der Waals surface area contributed by atoms with Gasteiger partial charge in [-0.05, 0) is 36.4 Å². The number of carbonyl (C=O) groups is 1. The van der Waals surface area contributed by atoms with Crippen LogP contribution in [0.2, 0.25) is 0 Å². The average molecular weight is 409 g/mol. The molecule has 1 fully saturated rings. The Labute approximate surface area is 175 Å². The fourth-order valence-electron chi connectivity index (χ4n) is 3.41. The molecule has 4 rings (SSSR count). The van der Waals surface area contributed by atoms with Crippen molar-refractivity contribution in [3.8, 4) is 11.4 Å². The highest BCUT2D eigenvalue weighted by molar-refractivity contribution is 7.99. The maximum absolute atomic E-state index is 12.7. The highest BCUT2D eigenvalue weighted by Gasteiger charge is 2.21. The zero-order valence-corrected chi connectivity index (χ0v) is 17.2. The van der Waals surface area contributed by atoms with Gasteiger partial charge in [0, 0.05) is 49.9 Å². The Bertz CT molecular complexity index is 935. The van der Waals surface area contributed by atoms with Crippen LogP contribution in [-0.2, 0) is 4.79 Å². The number of ether oxygens (including phenoxy) is 1. The number of anilines is 1. The van der Waals surface area contributed by atoms with Crippen LogP contribution >= 0.6 is 11.8 Å². The van der Waals surface area contributed by atoms with E-state index >= 15 is 0 Å². The topological polar surface area (TPSA) is 50.6 Å². The van der Waals surface area contributed by atoms with E-state index in [1.165, 1.54) is 17.4 Å². The van der Waals surface area contributed by atoms with Crippen LogP contribution in [-0.4, -0.2) is 59.4 Å². The SMILES string of the molecule is COc1ccc(-n2ccnc2SCC(=O)N2CCN(c3ccccc3)CC2)cc1. The fraction of sp³-hybridized carbons (Fsp3) is 0.273. The minimum atomic E-state index is 0.159. The van der Waals surface area contributed by atoms with Crippen molar-refractivity contribution in [3.63, 3.8) is 0 Å². The maximum atomic E-state index is 12.7. The van der Waals surface area contributed by atoms with Crippen molar-refractivity contribution in [1.82, 2.24) is 14.5 Å². The molecule has 29 heavy (non-hydrogen) atoms. The first-order valence-electron chi connectivity index (χ1n) is 9.63. The van der Waals surface area contributed by atoms with Crippen LogP contribution in [0.5, 0.6) is 5.75 Å². The van der Waals surface area contributed by atoms with Gasteiger partial charge < -0.3 is 14.5 Å². The van der Waals surface area contributed by atoms with Crippen LogP contribution in [0.4, 0.5) is 5.69 Å². The monoisotopic (exact) mass is 408 g/mol. The van der Waals surface area contributed by atoms with Gasteiger partial charge in [0.1, 0.15) is 5.75 Å². The number of hydrogen-bond acceptors (Lipinski definition) is 5. The van der Waals surface area contributed by atoms with Crippen LogP contribution in [0.3, 0.4) is 0 Å². The molecule has 1 aliphatic heterocycles. The second kappa shape index (κ2) is 9.05. The maximum Gasteiger partial charge on any atom is 0.233 e. The summed E-state index contributed by atoms with van der Waals surface area (Å²) in [6.07, 6.45) is 3.67. The molecule has 0 bridgehead atoms. The van der Waals surface area contributed by atoms with Crippen LogP contribution in [0, 0.1) is 0 Å². The number of thioether (sulfide) groups is 1. The largest absolute Gasteiger partial charge is 0.497 e. The summed E-state index contributed by atoms with van der Waals surface area (Å²) in [5.41, 5.74) is 2.21. The second-order valence-electron chi connectivity index (χ2n) is 6.77. The lowest BCUT2D eigenvalue weighted by Crippen LogP contribution is -2.49. The summed E-state index contributed by atoms with van der Waals surface area (Å²) in [6.45, 7) is 3.23. The molecule has 0 spiro atoms. The molecule has 0 saturated carbocycles. The Morgan fingerprint density at radius 1 is 1.00 bits per heavy atom. The van der Waals surface area contributed by atoms with Crippen molar-refractivity contribution >= 4 is 23.4 Å². The van der Waals surface area contributed by atoms with E-state index in [0.717, 1.165) is 42.8 Å². The Kier molecular flexibility index (Phi) is 6.05. The molecule has 1 aliphatic rings. The Hall–Kier alpha value is -2.93. The van der Waals surface area contributed by atoms with Crippen molar-refractivity contribution in [3.05, 3.63) is 67.0 Å². The number of hydrogen-bond donors (Lipinski definition) is 0. The smallest absolute Gasteiger partial charge is 0.233 e. The Morgan fingerprint density at radius 2 is 1.72 bits per heavy atom. The normalized spacial score (nSPS) is 14.1. The summed E-state index contributed by atoms with van der Waals surface area (Å²) in [4.78, 5) is 21.4. The number of amides is 1. The van der Waals surface area contributed by atoms with Gasteiger partial charge in [0.25, 0.3) is 0 Å². The molecule has 1 saturated heterocycles. The van der Waals surface area contributed by atoms with Gasteiger partial charge >= 0.3 is 0 Å². The summed E-state index contributed by atoms with van der Waals surface area (Å²) in [7, 11) is 1.65. The second-order valence-corrected chi connectivity index (χ2v) is 7.71. The van der Waals surface area contributed by atoms with Crippen molar-refractivity contribution in [1.29, 1.82) is 0 Å². The van der Waals surface area contributed by atoms with E-state index in [0.29, 0.717) is 5.75 Å². The first-order chi connectivity index (χ1) is 14.2. The van der Waals surface area contributed by atoms with Gasteiger partial charge in [0.05, 0.1) is 12.9 Å². The molecule has 3 aromatic rings. The summed E-state index contributed by atoms with van der Waals surface area (Å²) in [6, 6.07) is 18.2. The number of benzene rings is 2. The molecule has 7 heteroatoms. The van der Waals surface area contributed by atoms with E-state index in [1.807, 2.05) is 46.0 Å². The highest BCUT2D eigenvalue weighted by atomic mass is 32.2. The minimum absolute atomic E-state index is 0.159. The predicted octanol–water partition coefficient (Wildman–Crippen LogP) is 3.32. The Morgan fingerprint density at radius 3 is 2.41 bits per heavy atom. The third kappa shape index (κ3) is 4.56. The van der Waals surface area contributed by atoms with Crippen molar-refractivity contribution in [2.75, 3.05) is 43.9 Å². The number of aromatic nitrogens is 2. The fourth-order valence-corrected chi connectivity index (χ4v) is 4.28. The molecule has 2 heterocycles. The number of para-hydroxylation sites is 1. The van der Waals surface area contributed by atoms with Crippen LogP contribution in [0.1, 0.15) is 0 Å². The van der Waals surface area contributed by atoms with E-state index in [9.17, 15) is 4.79 Å². The van der Waals surface area contributed by atoms with E-state index in [4.69, 9.17) is 4.74 Å². The first-order valence-corrected chi connectivity index (χ1v) is 10.6. The number of rotatable bonds is 6. The third-order valence-electron chi connectivity index (χ3n) is 5.04. The zero-order valence-electron chi connectivity index (χ0n) is 16.4. The molecule has 150 valence electrons. The van der Waals surface area contributed by atoms with Gasteiger partial charge in [-0.1, -0.05) is 30.0 Å². The van der Waals surface area contributed by atoms with E-state index in [1.54, 1.807) is 13.3 Å². The minimum Gasteiger partial charge on any atom is -0.497 e. The zero-order chi connectivity index (χ0) is 20.1. The van der Waals surface area contributed by atoms with Gasteiger partial charge in [-0.3, -0.25) is 9.36 Å². The molecule has 0 atom stereocenters. The summed E-state index contributed by atoms with van der Waals surface area (Å²) in [5, 5.41) is 0.812. The summed E-state index contributed by atoms with van der Waals surface area (Å²) < 4.78 is 7.21. The molecule has 1 amide bonds. The lowest BCUT2D eigenvalue weighted by Gasteiger charge is -2.36. The first kappa shape index (κ1) is 19.4. The van der Waals surface area contributed by atoms with Gasteiger partial charge in [0.2, 0.25) is 5.91 Å². The lowest BCUT2D eigenvalue weighted by molar-refractivity contribution is -0.128. The number of nitrogens with zero attached hydrogens (tertiary/aromatic N) is 4. The van der Waals surface area contributed by atoms with Crippen LogP contribution in [0.25, 0.3) is 5.69 Å². The quantitative estimate of drug-likeness (QED) is 0.586. The molecule has 0 unspecified atom stereocenters. The molecule has 2 aromatic carbocycles. The lowest BCUT2D eigenvalue weighted by atomic mass is 10.2. The van der Waals surface area contributed by atoms with Crippen LogP contribution in [0.15, 0.2) is 72.1 Å². The molecule has 0 radical (unpaired) electrons.